The number of nitrogens with two attached hydrogens (primary N) is 1. The van der Waals surface area contributed by atoms with Crippen molar-refractivity contribution in [2.24, 2.45) is 11.7 Å². The van der Waals surface area contributed by atoms with Gasteiger partial charge in [0.1, 0.15) is 0 Å². The lowest BCUT2D eigenvalue weighted by molar-refractivity contribution is -0.124. The molecule has 0 saturated carbocycles. The summed E-state index contributed by atoms with van der Waals surface area (Å²) in [6, 6.07) is 10.2. The highest BCUT2D eigenvalue weighted by molar-refractivity contribution is 5.78. The van der Waals surface area contributed by atoms with Crippen molar-refractivity contribution in [1.82, 2.24) is 5.32 Å². The van der Waals surface area contributed by atoms with E-state index >= 15 is 0 Å². The Balaban J connectivity index is 2.18. The molecule has 94 valence electrons. The lowest BCUT2D eigenvalue weighted by Crippen LogP contribution is -2.39. The Labute approximate surface area is 103 Å². The standard InChI is InChI=1S/C14H22N2O/c1-11(12(2)15)14(17)16-10-6-9-13-7-4-3-5-8-13/h3-5,7-8,11-12H,6,9-10,15H2,1-2H3,(H,16,17). The highest BCUT2D eigenvalue weighted by Gasteiger charge is 2.15. The smallest absolute Gasteiger partial charge is 0.224 e. The second kappa shape index (κ2) is 7.07. The first-order valence-corrected chi connectivity index (χ1v) is 6.18. The van der Waals surface area contributed by atoms with Crippen LogP contribution in [0, 0.1) is 5.92 Å². The van der Waals surface area contributed by atoms with Gasteiger partial charge in [-0.15, -0.1) is 0 Å². The fourth-order valence-electron chi connectivity index (χ4n) is 1.55. The number of hydrogen-bond acceptors (Lipinski definition) is 2. The van der Waals surface area contributed by atoms with Crippen LogP contribution < -0.4 is 11.1 Å². The fourth-order valence-corrected chi connectivity index (χ4v) is 1.55. The average Bonchev–Trinajstić information content (AvgIpc) is 2.34. The van der Waals surface area contributed by atoms with E-state index in [-0.39, 0.29) is 17.9 Å². The number of amides is 1. The Kier molecular flexibility index (Phi) is 5.70. The first-order chi connectivity index (χ1) is 8.11. The van der Waals surface area contributed by atoms with Crippen molar-refractivity contribution < 1.29 is 4.79 Å². The van der Waals surface area contributed by atoms with E-state index in [1.54, 1.807) is 0 Å². The van der Waals surface area contributed by atoms with E-state index in [9.17, 15) is 4.79 Å². The monoisotopic (exact) mass is 234 g/mol. The average molecular weight is 234 g/mol. The molecule has 0 aromatic heterocycles. The summed E-state index contributed by atoms with van der Waals surface area (Å²) in [6.07, 6.45) is 1.95. The molecule has 0 spiro atoms. The molecule has 1 aromatic rings. The van der Waals surface area contributed by atoms with E-state index < -0.39 is 0 Å². The summed E-state index contributed by atoms with van der Waals surface area (Å²) in [5.74, 6) is -0.0696. The third kappa shape index (κ3) is 5.00. The van der Waals surface area contributed by atoms with Crippen LogP contribution in [0.3, 0.4) is 0 Å². The van der Waals surface area contributed by atoms with Gasteiger partial charge in [-0.2, -0.15) is 0 Å². The summed E-state index contributed by atoms with van der Waals surface area (Å²) in [5.41, 5.74) is 6.98. The number of nitrogens with one attached hydrogen (secondary N) is 1. The van der Waals surface area contributed by atoms with Gasteiger partial charge in [-0.1, -0.05) is 37.3 Å². The molecule has 3 N–H and O–H groups in total. The summed E-state index contributed by atoms with van der Waals surface area (Å²) in [7, 11) is 0. The minimum atomic E-state index is -0.119. The lowest BCUT2D eigenvalue weighted by Gasteiger charge is -2.15. The molecule has 0 radical (unpaired) electrons. The Bertz CT molecular complexity index is 335. The summed E-state index contributed by atoms with van der Waals surface area (Å²) in [6.45, 7) is 4.43. The van der Waals surface area contributed by atoms with Gasteiger partial charge in [0, 0.05) is 18.5 Å². The van der Waals surface area contributed by atoms with Crippen molar-refractivity contribution >= 4 is 5.91 Å². The number of aryl methyl sites for hydroxylation is 1. The van der Waals surface area contributed by atoms with Crippen molar-refractivity contribution in [1.29, 1.82) is 0 Å². The number of rotatable bonds is 6. The molecule has 0 aliphatic carbocycles. The van der Waals surface area contributed by atoms with Crippen LogP contribution in [0.4, 0.5) is 0 Å². The van der Waals surface area contributed by atoms with E-state index in [1.807, 2.05) is 32.0 Å². The zero-order valence-corrected chi connectivity index (χ0v) is 10.6. The van der Waals surface area contributed by atoms with Crippen molar-refractivity contribution in [3.05, 3.63) is 35.9 Å². The highest BCUT2D eigenvalue weighted by atomic mass is 16.1. The maximum atomic E-state index is 11.6. The van der Waals surface area contributed by atoms with Crippen LogP contribution in [0.2, 0.25) is 0 Å². The van der Waals surface area contributed by atoms with Gasteiger partial charge in [0.2, 0.25) is 5.91 Å². The summed E-state index contributed by atoms with van der Waals surface area (Å²) >= 11 is 0. The topological polar surface area (TPSA) is 55.1 Å². The van der Waals surface area contributed by atoms with Gasteiger partial charge in [0.25, 0.3) is 0 Å². The molecule has 1 aromatic carbocycles. The SMILES string of the molecule is CC(N)C(C)C(=O)NCCCc1ccccc1. The molecule has 0 aliphatic rings. The minimum absolute atomic E-state index is 0.0491. The predicted molar refractivity (Wildman–Crippen MR) is 70.6 cm³/mol. The molecular formula is C14H22N2O. The van der Waals surface area contributed by atoms with Crippen LogP contribution in [0.5, 0.6) is 0 Å². The van der Waals surface area contributed by atoms with Crippen molar-refractivity contribution in [3.8, 4) is 0 Å². The Morgan fingerprint density at radius 2 is 1.94 bits per heavy atom. The fraction of sp³-hybridized carbons (Fsp3) is 0.500. The Morgan fingerprint density at radius 1 is 1.29 bits per heavy atom. The number of carbonyl (C=O) groups is 1. The summed E-state index contributed by atoms with van der Waals surface area (Å²) < 4.78 is 0. The predicted octanol–water partition coefficient (Wildman–Crippen LogP) is 1.72. The van der Waals surface area contributed by atoms with E-state index in [4.69, 9.17) is 5.73 Å². The van der Waals surface area contributed by atoms with Gasteiger partial charge >= 0.3 is 0 Å². The lowest BCUT2D eigenvalue weighted by atomic mass is 10.0. The summed E-state index contributed by atoms with van der Waals surface area (Å²) in [5, 5.41) is 2.92. The van der Waals surface area contributed by atoms with Gasteiger partial charge in [0.15, 0.2) is 0 Å². The number of benzene rings is 1. The van der Waals surface area contributed by atoms with Crippen molar-refractivity contribution in [2.45, 2.75) is 32.7 Å². The Morgan fingerprint density at radius 3 is 2.53 bits per heavy atom. The van der Waals surface area contributed by atoms with Crippen LogP contribution in [-0.2, 0) is 11.2 Å². The van der Waals surface area contributed by atoms with E-state index in [0.717, 1.165) is 12.8 Å². The van der Waals surface area contributed by atoms with E-state index in [1.165, 1.54) is 5.56 Å². The van der Waals surface area contributed by atoms with Crippen LogP contribution in [0.25, 0.3) is 0 Å². The third-order valence-electron chi connectivity index (χ3n) is 2.99. The minimum Gasteiger partial charge on any atom is -0.356 e. The molecule has 3 heteroatoms. The first kappa shape index (κ1) is 13.7. The quantitative estimate of drug-likeness (QED) is 0.736. The largest absolute Gasteiger partial charge is 0.356 e. The van der Waals surface area contributed by atoms with Gasteiger partial charge < -0.3 is 11.1 Å². The van der Waals surface area contributed by atoms with Gasteiger partial charge in [-0.3, -0.25) is 4.79 Å². The molecule has 3 nitrogen and oxygen atoms in total. The van der Waals surface area contributed by atoms with Gasteiger partial charge in [-0.05, 0) is 25.3 Å². The number of hydrogen-bond donors (Lipinski definition) is 2. The zero-order valence-electron chi connectivity index (χ0n) is 10.6. The maximum absolute atomic E-state index is 11.6. The molecule has 1 amide bonds. The molecule has 0 fully saturated rings. The second-order valence-corrected chi connectivity index (χ2v) is 4.53. The molecule has 0 saturated heterocycles. The van der Waals surface area contributed by atoms with Gasteiger partial charge in [0.05, 0.1) is 0 Å². The zero-order chi connectivity index (χ0) is 12.7. The molecule has 0 aliphatic heterocycles. The Hall–Kier alpha value is -1.35. The number of carbonyl (C=O) groups excluding carboxylic acids is 1. The molecule has 0 heterocycles. The van der Waals surface area contributed by atoms with Crippen LogP contribution >= 0.6 is 0 Å². The van der Waals surface area contributed by atoms with Gasteiger partial charge in [-0.25, -0.2) is 0 Å². The third-order valence-corrected chi connectivity index (χ3v) is 2.99. The van der Waals surface area contributed by atoms with Crippen LogP contribution in [0.15, 0.2) is 30.3 Å². The van der Waals surface area contributed by atoms with E-state index in [0.29, 0.717) is 6.54 Å². The summed E-state index contributed by atoms with van der Waals surface area (Å²) in [4.78, 5) is 11.6. The van der Waals surface area contributed by atoms with Crippen molar-refractivity contribution in [2.75, 3.05) is 6.54 Å². The van der Waals surface area contributed by atoms with E-state index in [2.05, 4.69) is 17.4 Å². The second-order valence-electron chi connectivity index (χ2n) is 4.53. The molecule has 0 bridgehead atoms. The maximum Gasteiger partial charge on any atom is 0.224 e. The highest BCUT2D eigenvalue weighted by Crippen LogP contribution is 2.02. The van der Waals surface area contributed by atoms with Crippen LogP contribution in [0.1, 0.15) is 25.8 Å². The molecule has 2 unspecified atom stereocenters. The molecule has 2 atom stereocenters. The molecule has 17 heavy (non-hydrogen) atoms. The first-order valence-electron chi connectivity index (χ1n) is 6.18. The normalized spacial score (nSPS) is 14.1. The molecule has 1 rings (SSSR count). The van der Waals surface area contributed by atoms with Crippen molar-refractivity contribution in [3.63, 3.8) is 0 Å². The van der Waals surface area contributed by atoms with Crippen LogP contribution in [-0.4, -0.2) is 18.5 Å². The molecular weight excluding hydrogens is 212 g/mol.